The highest BCUT2D eigenvalue weighted by Gasteiger charge is 2.21. The Hall–Kier alpha value is -2.37. The van der Waals surface area contributed by atoms with Gasteiger partial charge in [-0.1, -0.05) is 36.4 Å². The van der Waals surface area contributed by atoms with Crippen molar-refractivity contribution in [1.82, 2.24) is 15.1 Å². The van der Waals surface area contributed by atoms with E-state index in [4.69, 9.17) is 5.73 Å². The third kappa shape index (κ3) is 4.06. The molecule has 0 aliphatic carbocycles. The van der Waals surface area contributed by atoms with E-state index in [1.54, 1.807) is 4.68 Å². The molecule has 26 heavy (non-hydrogen) atoms. The van der Waals surface area contributed by atoms with E-state index in [0.717, 1.165) is 22.3 Å². The minimum atomic E-state index is -0.386. The molecule has 0 aliphatic rings. The fraction of sp³-hybridized carbons (Fsp3) is 0.300. The van der Waals surface area contributed by atoms with E-state index in [1.165, 1.54) is 5.39 Å². The number of hydrogen-bond donors (Lipinski definition) is 2. The molecule has 3 rings (SSSR count). The van der Waals surface area contributed by atoms with Crippen molar-refractivity contribution in [3.8, 4) is 0 Å². The lowest BCUT2D eigenvalue weighted by Crippen LogP contribution is -2.38. The van der Waals surface area contributed by atoms with Crippen molar-refractivity contribution in [3.63, 3.8) is 0 Å². The van der Waals surface area contributed by atoms with Gasteiger partial charge in [-0.15, -0.1) is 12.4 Å². The zero-order chi connectivity index (χ0) is 18.0. The van der Waals surface area contributed by atoms with Crippen LogP contribution in [0.25, 0.3) is 10.8 Å². The van der Waals surface area contributed by atoms with Crippen LogP contribution in [-0.2, 0) is 4.79 Å². The molecule has 0 saturated heterocycles. The number of rotatable bonds is 5. The fourth-order valence-electron chi connectivity index (χ4n) is 3.14. The van der Waals surface area contributed by atoms with Gasteiger partial charge in [-0.25, -0.2) is 0 Å². The predicted octanol–water partition coefficient (Wildman–Crippen LogP) is 3.45. The van der Waals surface area contributed by atoms with Crippen molar-refractivity contribution in [2.75, 3.05) is 6.54 Å². The first-order valence-corrected chi connectivity index (χ1v) is 8.51. The first-order chi connectivity index (χ1) is 12.0. The summed E-state index contributed by atoms with van der Waals surface area (Å²) in [6.07, 6.45) is 0. The molecule has 0 bridgehead atoms. The third-order valence-corrected chi connectivity index (χ3v) is 4.52. The molecule has 2 atom stereocenters. The number of aromatic nitrogens is 2. The van der Waals surface area contributed by atoms with Gasteiger partial charge >= 0.3 is 0 Å². The Morgan fingerprint density at radius 3 is 2.46 bits per heavy atom. The van der Waals surface area contributed by atoms with Crippen molar-refractivity contribution >= 4 is 29.1 Å². The van der Waals surface area contributed by atoms with Crippen LogP contribution in [0.1, 0.15) is 36.0 Å². The van der Waals surface area contributed by atoms with E-state index in [9.17, 15) is 4.79 Å². The van der Waals surface area contributed by atoms with Crippen molar-refractivity contribution < 1.29 is 4.79 Å². The van der Waals surface area contributed by atoms with Crippen LogP contribution in [-0.4, -0.2) is 22.2 Å². The normalized spacial score (nSPS) is 13.1. The molecule has 3 N–H and O–H groups in total. The Labute approximate surface area is 160 Å². The van der Waals surface area contributed by atoms with E-state index in [0.29, 0.717) is 6.54 Å². The smallest absolute Gasteiger partial charge is 0.245 e. The summed E-state index contributed by atoms with van der Waals surface area (Å²) in [7, 11) is 0. The Morgan fingerprint density at radius 2 is 1.85 bits per heavy atom. The second kappa shape index (κ2) is 8.34. The molecule has 1 heterocycles. The third-order valence-electron chi connectivity index (χ3n) is 4.52. The van der Waals surface area contributed by atoms with Gasteiger partial charge in [0.15, 0.2) is 0 Å². The van der Waals surface area contributed by atoms with Crippen LogP contribution >= 0.6 is 12.4 Å². The summed E-state index contributed by atoms with van der Waals surface area (Å²) in [6.45, 7) is 6.07. The topological polar surface area (TPSA) is 72.9 Å². The van der Waals surface area contributed by atoms with Gasteiger partial charge in [0.05, 0.1) is 11.7 Å². The number of fused-ring (bicyclic) bond motifs is 1. The van der Waals surface area contributed by atoms with Gasteiger partial charge < -0.3 is 11.1 Å². The van der Waals surface area contributed by atoms with Crippen LogP contribution in [0.5, 0.6) is 0 Å². The Balaban J connectivity index is 0.00000243. The quantitative estimate of drug-likeness (QED) is 0.720. The lowest BCUT2D eigenvalue weighted by atomic mass is 10.0. The first-order valence-electron chi connectivity index (χ1n) is 8.51. The molecule has 2 aromatic carbocycles. The van der Waals surface area contributed by atoms with Gasteiger partial charge in [0.1, 0.15) is 6.04 Å². The summed E-state index contributed by atoms with van der Waals surface area (Å²) >= 11 is 0. The first kappa shape index (κ1) is 19.9. The molecule has 0 radical (unpaired) electrons. The predicted molar refractivity (Wildman–Crippen MR) is 108 cm³/mol. The highest BCUT2D eigenvalue weighted by molar-refractivity contribution is 5.85. The van der Waals surface area contributed by atoms with Gasteiger partial charge in [-0.05, 0) is 49.2 Å². The average Bonchev–Trinajstić information content (AvgIpc) is 2.96. The molecule has 5 nitrogen and oxygen atoms in total. The summed E-state index contributed by atoms with van der Waals surface area (Å²) in [5, 5.41) is 9.77. The molecule has 2 unspecified atom stereocenters. The molecule has 0 aliphatic heterocycles. The van der Waals surface area contributed by atoms with Crippen molar-refractivity contribution in [2.45, 2.75) is 32.9 Å². The summed E-state index contributed by atoms with van der Waals surface area (Å²) < 4.78 is 1.75. The van der Waals surface area contributed by atoms with Crippen LogP contribution < -0.4 is 11.1 Å². The number of benzene rings is 2. The summed E-state index contributed by atoms with van der Waals surface area (Å²) in [6, 6.07) is 15.7. The number of nitrogens with two attached hydrogens (primary N) is 1. The summed E-state index contributed by atoms with van der Waals surface area (Å²) in [4.78, 5) is 12.7. The molecular formula is C20H25ClN4O. The minimum absolute atomic E-state index is 0. The fourth-order valence-corrected chi connectivity index (χ4v) is 3.14. The molecular weight excluding hydrogens is 348 g/mol. The van der Waals surface area contributed by atoms with Crippen LogP contribution in [0.2, 0.25) is 0 Å². The number of halogens is 1. The van der Waals surface area contributed by atoms with E-state index >= 15 is 0 Å². The highest BCUT2D eigenvalue weighted by Crippen LogP contribution is 2.21. The van der Waals surface area contributed by atoms with Crippen molar-refractivity contribution in [3.05, 3.63) is 65.5 Å². The number of amides is 1. The second-order valence-electron chi connectivity index (χ2n) is 6.45. The van der Waals surface area contributed by atoms with E-state index in [-0.39, 0.29) is 30.4 Å². The number of aryl methyl sites for hydroxylation is 2. The minimum Gasteiger partial charge on any atom is -0.346 e. The van der Waals surface area contributed by atoms with Gasteiger partial charge in [-0.3, -0.25) is 9.48 Å². The largest absolute Gasteiger partial charge is 0.346 e. The summed E-state index contributed by atoms with van der Waals surface area (Å²) in [5.41, 5.74) is 8.81. The number of nitrogens with one attached hydrogen (secondary N) is 1. The zero-order valence-corrected chi connectivity index (χ0v) is 16.1. The molecule has 1 aromatic heterocycles. The molecule has 0 fully saturated rings. The summed E-state index contributed by atoms with van der Waals surface area (Å²) in [5.74, 6) is -0.0881. The molecule has 6 heteroatoms. The Kier molecular flexibility index (Phi) is 6.40. The highest BCUT2D eigenvalue weighted by atomic mass is 35.5. The van der Waals surface area contributed by atoms with Crippen molar-refractivity contribution in [1.29, 1.82) is 0 Å². The van der Waals surface area contributed by atoms with Crippen LogP contribution in [0.15, 0.2) is 48.5 Å². The maximum atomic E-state index is 12.7. The van der Waals surface area contributed by atoms with E-state index in [2.05, 4.69) is 34.7 Å². The van der Waals surface area contributed by atoms with Gasteiger partial charge in [0.2, 0.25) is 5.91 Å². The number of carbonyl (C=O) groups excluding carboxylic acids is 1. The monoisotopic (exact) mass is 372 g/mol. The van der Waals surface area contributed by atoms with Crippen LogP contribution in [0.3, 0.4) is 0 Å². The van der Waals surface area contributed by atoms with Gasteiger partial charge in [0.25, 0.3) is 0 Å². The SMILES string of the molecule is Cc1cc(C)n(C(C)C(=O)NC(CN)c2ccc3ccccc3c2)n1.Cl. The standard InChI is InChI=1S/C20H24N4O.ClH/c1-13-10-14(2)24(23-13)15(3)20(25)22-19(12-21)18-9-8-16-6-4-5-7-17(16)11-18;/h4-11,15,19H,12,21H2,1-3H3,(H,22,25);1H. The Morgan fingerprint density at radius 1 is 1.15 bits per heavy atom. The average molecular weight is 373 g/mol. The Bertz CT molecular complexity index is 906. The number of nitrogens with zero attached hydrogens (tertiary/aromatic N) is 2. The van der Waals surface area contributed by atoms with Crippen molar-refractivity contribution in [2.24, 2.45) is 5.73 Å². The number of carbonyl (C=O) groups is 1. The van der Waals surface area contributed by atoms with E-state index < -0.39 is 0 Å². The van der Waals surface area contributed by atoms with Crippen LogP contribution in [0.4, 0.5) is 0 Å². The molecule has 0 saturated carbocycles. The van der Waals surface area contributed by atoms with Crippen LogP contribution in [0, 0.1) is 13.8 Å². The number of hydrogen-bond acceptors (Lipinski definition) is 3. The lowest BCUT2D eigenvalue weighted by Gasteiger charge is -2.21. The maximum Gasteiger partial charge on any atom is 0.245 e. The second-order valence-corrected chi connectivity index (χ2v) is 6.45. The molecule has 3 aromatic rings. The molecule has 1 amide bonds. The zero-order valence-electron chi connectivity index (χ0n) is 15.3. The van der Waals surface area contributed by atoms with E-state index in [1.807, 2.05) is 45.0 Å². The lowest BCUT2D eigenvalue weighted by molar-refractivity contribution is -0.124. The molecule has 0 spiro atoms. The van der Waals surface area contributed by atoms with Gasteiger partial charge in [0, 0.05) is 12.2 Å². The van der Waals surface area contributed by atoms with Gasteiger partial charge in [-0.2, -0.15) is 5.10 Å². The molecule has 138 valence electrons. The maximum absolute atomic E-state index is 12.7.